The fourth-order valence-corrected chi connectivity index (χ4v) is 4.66. The Hall–Kier alpha value is -3.44. The summed E-state index contributed by atoms with van der Waals surface area (Å²) in [5.41, 5.74) is 2.23. The molecular weight excluding hydrogens is 402 g/mol. The quantitative estimate of drug-likeness (QED) is 0.624. The van der Waals surface area contributed by atoms with Crippen LogP contribution in [0, 0.1) is 11.3 Å². The fourth-order valence-electron chi connectivity index (χ4n) is 4.66. The van der Waals surface area contributed by atoms with E-state index in [1.165, 1.54) is 0 Å². The summed E-state index contributed by atoms with van der Waals surface area (Å²) in [5, 5.41) is 13.8. The van der Waals surface area contributed by atoms with E-state index in [1.807, 2.05) is 37.5 Å². The van der Waals surface area contributed by atoms with Crippen molar-refractivity contribution >= 4 is 28.5 Å². The van der Waals surface area contributed by atoms with E-state index in [2.05, 4.69) is 30.7 Å². The highest BCUT2D eigenvalue weighted by atomic mass is 16.1. The molecule has 0 spiro atoms. The maximum atomic E-state index is 11.5. The third-order valence-corrected chi connectivity index (χ3v) is 6.78. The van der Waals surface area contributed by atoms with E-state index in [-0.39, 0.29) is 5.78 Å². The number of aromatic nitrogens is 3. The summed E-state index contributed by atoms with van der Waals surface area (Å²) in [6.45, 7) is 4.91. The van der Waals surface area contributed by atoms with Crippen molar-refractivity contribution in [3.05, 3.63) is 47.8 Å². The number of nitrogens with one attached hydrogen (secondary N) is 1. The molecule has 0 radical (unpaired) electrons. The number of carbonyl (C=O) groups excluding carboxylic acids is 1. The van der Waals surface area contributed by atoms with E-state index in [0.29, 0.717) is 23.2 Å². The predicted molar refractivity (Wildman–Crippen MR) is 124 cm³/mol. The minimum Gasteiger partial charge on any atom is -0.353 e. The highest BCUT2D eigenvalue weighted by Crippen LogP contribution is 2.36. The van der Waals surface area contributed by atoms with Gasteiger partial charge in [0.25, 0.3) is 0 Å². The van der Waals surface area contributed by atoms with Gasteiger partial charge in [0.2, 0.25) is 0 Å². The molecule has 1 N–H and O–H groups in total. The lowest BCUT2D eigenvalue weighted by molar-refractivity contribution is 0.101. The van der Waals surface area contributed by atoms with E-state index < -0.39 is 0 Å². The van der Waals surface area contributed by atoms with Crippen molar-refractivity contribution in [3.8, 4) is 6.07 Å². The molecule has 3 aromatic heterocycles. The SMILES string of the molecule is CN[C@H]1C[C@H](n2cc(C#N)c3ccc(N4CCN(c5ccc(C(C)=O)cn5)CC4)nc32)C1. The van der Waals surface area contributed by atoms with Crippen LogP contribution in [0.5, 0.6) is 0 Å². The largest absolute Gasteiger partial charge is 0.353 e. The van der Waals surface area contributed by atoms with Crippen LogP contribution in [0.3, 0.4) is 0 Å². The molecule has 0 amide bonds. The van der Waals surface area contributed by atoms with Crippen LogP contribution < -0.4 is 15.1 Å². The van der Waals surface area contributed by atoms with Crippen molar-refractivity contribution in [2.24, 2.45) is 0 Å². The summed E-state index contributed by atoms with van der Waals surface area (Å²) in [4.78, 5) is 25.5. The maximum absolute atomic E-state index is 11.5. The highest BCUT2D eigenvalue weighted by molar-refractivity contribution is 5.93. The van der Waals surface area contributed by atoms with Crippen LogP contribution in [0.25, 0.3) is 11.0 Å². The number of carbonyl (C=O) groups is 1. The second-order valence-electron chi connectivity index (χ2n) is 8.65. The van der Waals surface area contributed by atoms with Crippen LogP contribution in [0.2, 0.25) is 0 Å². The van der Waals surface area contributed by atoms with E-state index in [4.69, 9.17) is 4.98 Å². The number of hydrogen-bond acceptors (Lipinski definition) is 7. The van der Waals surface area contributed by atoms with Gasteiger partial charge in [0.1, 0.15) is 23.4 Å². The molecule has 1 aliphatic heterocycles. The summed E-state index contributed by atoms with van der Waals surface area (Å²) < 4.78 is 2.20. The molecule has 0 atom stereocenters. The molecule has 8 heteroatoms. The topological polar surface area (TPSA) is 90.1 Å². The molecule has 5 rings (SSSR count). The molecule has 0 unspecified atom stereocenters. The van der Waals surface area contributed by atoms with Crippen LogP contribution in [-0.4, -0.2) is 59.6 Å². The molecule has 2 aliphatic rings. The Kier molecular flexibility index (Phi) is 5.27. The van der Waals surface area contributed by atoms with Gasteiger partial charge in [-0.05, 0) is 51.1 Å². The number of Topliss-reactive ketones (excluding diaryl/α,β-unsaturated/α-hetero) is 1. The first kappa shape index (κ1) is 20.5. The Labute approximate surface area is 187 Å². The average Bonchev–Trinajstić information content (AvgIpc) is 3.16. The van der Waals surface area contributed by atoms with Crippen molar-refractivity contribution in [2.75, 3.05) is 43.0 Å². The van der Waals surface area contributed by atoms with Gasteiger partial charge < -0.3 is 19.7 Å². The van der Waals surface area contributed by atoms with Crippen molar-refractivity contribution in [2.45, 2.75) is 31.8 Å². The Morgan fingerprint density at radius 3 is 2.38 bits per heavy atom. The van der Waals surface area contributed by atoms with Gasteiger partial charge in [0.15, 0.2) is 5.78 Å². The Bertz CT molecular complexity index is 1180. The summed E-state index contributed by atoms with van der Waals surface area (Å²) in [7, 11) is 2.00. The zero-order valence-electron chi connectivity index (χ0n) is 18.5. The first-order chi connectivity index (χ1) is 15.6. The van der Waals surface area contributed by atoms with Gasteiger partial charge in [0, 0.05) is 61.6 Å². The molecule has 2 fully saturated rings. The summed E-state index contributed by atoms with van der Waals surface area (Å²) >= 11 is 0. The van der Waals surface area contributed by atoms with E-state index >= 15 is 0 Å². The lowest BCUT2D eigenvalue weighted by Gasteiger charge is -2.37. The number of ketones is 1. The molecule has 0 aromatic carbocycles. The monoisotopic (exact) mass is 429 g/mol. The normalized spacial score (nSPS) is 20.8. The third-order valence-electron chi connectivity index (χ3n) is 6.78. The Morgan fingerprint density at radius 1 is 1.09 bits per heavy atom. The standard InChI is InChI=1S/C24H27N7O/c1-16(32)17-3-5-22(27-14-17)29-7-9-30(10-8-29)23-6-4-21-18(13-25)15-31(24(21)28-23)20-11-19(12-20)26-2/h3-6,14-15,19-20,26H,7-12H2,1-2H3/t19-,20-. The molecule has 0 bridgehead atoms. The number of hydrogen-bond donors (Lipinski definition) is 1. The van der Waals surface area contributed by atoms with Crippen LogP contribution >= 0.6 is 0 Å². The van der Waals surface area contributed by atoms with Crippen molar-refractivity contribution in [3.63, 3.8) is 0 Å². The predicted octanol–water partition coefficient (Wildman–Crippen LogP) is 2.76. The van der Waals surface area contributed by atoms with Crippen LogP contribution in [-0.2, 0) is 0 Å². The maximum Gasteiger partial charge on any atom is 0.161 e. The number of nitriles is 1. The third kappa shape index (κ3) is 3.59. The zero-order chi connectivity index (χ0) is 22.2. The van der Waals surface area contributed by atoms with Crippen LogP contribution in [0.4, 0.5) is 11.6 Å². The molecule has 1 saturated carbocycles. The summed E-state index contributed by atoms with van der Waals surface area (Å²) in [5.74, 6) is 1.88. The number of piperazine rings is 1. The Morgan fingerprint density at radius 2 is 1.78 bits per heavy atom. The fraction of sp³-hybridized carbons (Fsp3) is 0.417. The molecule has 8 nitrogen and oxygen atoms in total. The van der Waals surface area contributed by atoms with Crippen LogP contribution in [0.1, 0.15) is 41.7 Å². The molecular formula is C24H27N7O. The first-order valence-electron chi connectivity index (χ1n) is 11.1. The van der Waals surface area contributed by atoms with Crippen molar-refractivity contribution in [1.29, 1.82) is 5.26 Å². The number of pyridine rings is 2. The molecule has 1 saturated heterocycles. The second kappa shape index (κ2) is 8.24. The minimum absolute atomic E-state index is 0.0306. The van der Waals surface area contributed by atoms with Gasteiger partial charge in [-0.3, -0.25) is 4.79 Å². The lowest BCUT2D eigenvalue weighted by atomic mass is 9.87. The van der Waals surface area contributed by atoms with Gasteiger partial charge in [-0.1, -0.05) is 0 Å². The average molecular weight is 430 g/mol. The Balaban J connectivity index is 1.33. The molecule has 32 heavy (non-hydrogen) atoms. The molecule has 164 valence electrons. The highest BCUT2D eigenvalue weighted by Gasteiger charge is 2.31. The molecule has 4 heterocycles. The smallest absolute Gasteiger partial charge is 0.161 e. The first-order valence-corrected chi connectivity index (χ1v) is 11.1. The van der Waals surface area contributed by atoms with Gasteiger partial charge >= 0.3 is 0 Å². The minimum atomic E-state index is 0.0306. The van der Waals surface area contributed by atoms with Crippen molar-refractivity contribution in [1.82, 2.24) is 19.9 Å². The number of nitrogens with zero attached hydrogens (tertiary/aromatic N) is 6. The second-order valence-corrected chi connectivity index (χ2v) is 8.65. The lowest BCUT2D eigenvalue weighted by Crippen LogP contribution is -2.47. The van der Waals surface area contributed by atoms with Gasteiger partial charge in [-0.25, -0.2) is 9.97 Å². The summed E-state index contributed by atoms with van der Waals surface area (Å²) in [6, 6.07) is 11.1. The van der Waals surface area contributed by atoms with Gasteiger partial charge in [-0.2, -0.15) is 5.26 Å². The summed E-state index contributed by atoms with van der Waals surface area (Å²) in [6.07, 6.45) is 5.74. The number of rotatable bonds is 5. The van der Waals surface area contributed by atoms with Gasteiger partial charge in [-0.15, -0.1) is 0 Å². The number of fused-ring (bicyclic) bond motifs is 1. The van der Waals surface area contributed by atoms with E-state index in [9.17, 15) is 10.1 Å². The van der Waals surface area contributed by atoms with Crippen LogP contribution in [0.15, 0.2) is 36.7 Å². The molecule has 3 aromatic rings. The van der Waals surface area contributed by atoms with Gasteiger partial charge in [0.05, 0.1) is 5.56 Å². The van der Waals surface area contributed by atoms with Crippen molar-refractivity contribution < 1.29 is 4.79 Å². The number of anilines is 2. The molecule has 1 aliphatic carbocycles. The van der Waals surface area contributed by atoms with E-state index in [1.54, 1.807) is 13.1 Å². The zero-order valence-corrected chi connectivity index (χ0v) is 18.5. The van der Waals surface area contributed by atoms with E-state index in [0.717, 1.165) is 61.7 Å².